The highest BCUT2D eigenvalue weighted by Crippen LogP contribution is 2.36. The molecule has 0 saturated heterocycles. The Hall–Kier alpha value is -2.85. The third-order valence-electron chi connectivity index (χ3n) is 3.99. The lowest BCUT2D eigenvalue weighted by molar-refractivity contribution is 0.0601. The molecule has 0 atom stereocenters. The van der Waals surface area contributed by atoms with Gasteiger partial charge in [-0.1, -0.05) is 0 Å². The van der Waals surface area contributed by atoms with Crippen molar-refractivity contribution in [3.05, 3.63) is 34.2 Å². The van der Waals surface area contributed by atoms with Crippen LogP contribution in [-0.4, -0.2) is 49.9 Å². The number of methoxy groups -OCH3 is 1. The van der Waals surface area contributed by atoms with Gasteiger partial charge in [-0.25, -0.2) is 4.79 Å². The highest BCUT2D eigenvalue weighted by molar-refractivity contribution is 7.80. The highest BCUT2D eigenvalue weighted by atomic mass is 32.1. The van der Waals surface area contributed by atoms with Crippen molar-refractivity contribution in [1.82, 2.24) is 4.90 Å². The molecule has 8 nitrogen and oxygen atoms in total. The summed E-state index contributed by atoms with van der Waals surface area (Å²) in [4.78, 5) is 26.6. The largest absolute Gasteiger partial charge is 0.465 e. The van der Waals surface area contributed by atoms with E-state index in [0.717, 1.165) is 11.3 Å². The van der Waals surface area contributed by atoms with Gasteiger partial charge < -0.3 is 29.7 Å². The number of rotatable bonds is 4. The molecule has 148 valence electrons. The van der Waals surface area contributed by atoms with E-state index in [2.05, 4.69) is 10.6 Å². The summed E-state index contributed by atoms with van der Waals surface area (Å²) in [5.74, 6) is 0.544. The number of amides is 1. The van der Waals surface area contributed by atoms with Crippen molar-refractivity contribution >= 4 is 51.2 Å². The average molecular weight is 422 g/mol. The van der Waals surface area contributed by atoms with Crippen LogP contribution >= 0.6 is 23.6 Å². The summed E-state index contributed by atoms with van der Waals surface area (Å²) in [6.07, 6.45) is 0. The quantitative estimate of drug-likeness (QED) is 0.575. The van der Waals surface area contributed by atoms with E-state index in [1.807, 2.05) is 0 Å². The van der Waals surface area contributed by atoms with Crippen LogP contribution in [0.3, 0.4) is 0 Å². The van der Waals surface area contributed by atoms with Crippen molar-refractivity contribution < 1.29 is 23.8 Å². The minimum atomic E-state index is -0.542. The second-order valence-electron chi connectivity index (χ2n) is 6.10. The minimum absolute atomic E-state index is 0.182. The summed E-state index contributed by atoms with van der Waals surface area (Å²) in [5.41, 5.74) is 1.52. The van der Waals surface area contributed by atoms with E-state index in [-0.39, 0.29) is 23.4 Å². The molecule has 1 aromatic heterocycles. The Bertz CT molecular complexity index is 955. The van der Waals surface area contributed by atoms with Gasteiger partial charge in [-0.2, -0.15) is 0 Å². The molecule has 3 rings (SSSR count). The minimum Gasteiger partial charge on any atom is -0.465 e. The number of ether oxygens (including phenoxy) is 3. The van der Waals surface area contributed by atoms with E-state index >= 15 is 0 Å². The summed E-state index contributed by atoms with van der Waals surface area (Å²) in [5, 5.41) is 6.72. The Morgan fingerprint density at radius 2 is 1.93 bits per heavy atom. The van der Waals surface area contributed by atoms with Crippen LogP contribution in [0.15, 0.2) is 18.2 Å². The van der Waals surface area contributed by atoms with Crippen LogP contribution in [0.2, 0.25) is 0 Å². The van der Waals surface area contributed by atoms with E-state index < -0.39 is 5.97 Å². The zero-order valence-electron chi connectivity index (χ0n) is 15.7. The van der Waals surface area contributed by atoms with Crippen LogP contribution in [0.4, 0.5) is 10.7 Å². The zero-order valence-corrected chi connectivity index (χ0v) is 17.4. The first-order chi connectivity index (χ1) is 13.3. The molecule has 1 aromatic carbocycles. The van der Waals surface area contributed by atoms with Crippen molar-refractivity contribution in [2.45, 2.75) is 6.92 Å². The summed E-state index contributed by atoms with van der Waals surface area (Å²) in [6, 6.07) is 5.33. The van der Waals surface area contributed by atoms with Crippen LogP contribution in [0.1, 0.15) is 25.6 Å². The van der Waals surface area contributed by atoms with Gasteiger partial charge in [-0.15, -0.1) is 11.3 Å². The van der Waals surface area contributed by atoms with Gasteiger partial charge in [0.1, 0.15) is 5.00 Å². The lowest BCUT2D eigenvalue weighted by Gasteiger charge is -2.11. The SMILES string of the molecule is COC(=O)c1c(NC(=S)Nc2ccc3c(c2)OCO3)sc(C(=O)N(C)C)c1C. The predicted octanol–water partition coefficient (Wildman–Crippen LogP) is 3.08. The van der Waals surface area contributed by atoms with Crippen molar-refractivity contribution in [3.8, 4) is 11.5 Å². The Morgan fingerprint density at radius 3 is 2.61 bits per heavy atom. The van der Waals surface area contributed by atoms with E-state index in [4.69, 9.17) is 26.4 Å². The van der Waals surface area contributed by atoms with Gasteiger partial charge in [-0.05, 0) is 36.8 Å². The second-order valence-corrected chi connectivity index (χ2v) is 7.53. The standard InChI is InChI=1S/C18H19N3O5S2/c1-9-13(17(23)24-4)15(28-14(9)16(22)21(2)3)20-18(27)19-10-5-6-11-12(7-10)26-8-25-11/h5-7H,8H2,1-4H3,(H2,19,20,27). The summed E-state index contributed by atoms with van der Waals surface area (Å²) in [7, 11) is 4.59. The molecule has 1 aliphatic rings. The first kappa shape index (κ1) is 19.9. The monoisotopic (exact) mass is 421 g/mol. The molecule has 0 spiro atoms. The van der Waals surface area contributed by atoms with Crippen LogP contribution < -0.4 is 20.1 Å². The number of benzene rings is 1. The summed E-state index contributed by atoms with van der Waals surface area (Å²) >= 11 is 6.51. The maximum atomic E-state index is 12.4. The molecule has 0 unspecified atom stereocenters. The van der Waals surface area contributed by atoms with E-state index in [1.54, 1.807) is 39.2 Å². The lowest BCUT2D eigenvalue weighted by Crippen LogP contribution is -2.21. The van der Waals surface area contributed by atoms with Gasteiger partial charge >= 0.3 is 5.97 Å². The summed E-state index contributed by atoms with van der Waals surface area (Å²) < 4.78 is 15.5. The number of thiophene rings is 1. The Morgan fingerprint density at radius 1 is 1.21 bits per heavy atom. The zero-order chi connectivity index (χ0) is 20.4. The molecule has 2 N–H and O–H groups in total. The second kappa shape index (κ2) is 8.03. The normalized spacial score (nSPS) is 11.7. The molecular formula is C18H19N3O5S2. The van der Waals surface area contributed by atoms with Crippen molar-refractivity contribution in [1.29, 1.82) is 0 Å². The Labute approximate surface area is 171 Å². The number of hydrogen-bond donors (Lipinski definition) is 2. The number of carbonyl (C=O) groups excluding carboxylic acids is 2. The van der Waals surface area contributed by atoms with Gasteiger partial charge in [0.25, 0.3) is 5.91 Å². The average Bonchev–Trinajstić information content (AvgIpc) is 3.24. The van der Waals surface area contributed by atoms with Gasteiger partial charge in [0.05, 0.1) is 17.6 Å². The number of nitrogens with one attached hydrogen (secondary N) is 2. The lowest BCUT2D eigenvalue weighted by atomic mass is 10.1. The maximum Gasteiger partial charge on any atom is 0.341 e. The fraction of sp³-hybridized carbons (Fsp3) is 0.278. The Balaban J connectivity index is 1.84. The molecule has 1 amide bonds. The number of hydrogen-bond acceptors (Lipinski definition) is 7. The van der Waals surface area contributed by atoms with Crippen LogP contribution in [0.25, 0.3) is 0 Å². The molecule has 1 aliphatic heterocycles. The predicted molar refractivity (Wildman–Crippen MR) is 111 cm³/mol. The third kappa shape index (κ3) is 3.87. The van der Waals surface area contributed by atoms with Gasteiger partial charge in [0, 0.05) is 25.8 Å². The number of anilines is 2. The molecule has 0 aliphatic carbocycles. The van der Waals surface area contributed by atoms with Crippen molar-refractivity contribution in [2.75, 3.05) is 38.6 Å². The Kier molecular flexibility index (Phi) is 5.71. The number of fused-ring (bicyclic) bond motifs is 1. The first-order valence-electron chi connectivity index (χ1n) is 8.22. The molecule has 0 saturated carbocycles. The van der Waals surface area contributed by atoms with Crippen molar-refractivity contribution in [2.24, 2.45) is 0 Å². The third-order valence-corrected chi connectivity index (χ3v) is 5.39. The van der Waals surface area contributed by atoms with Crippen LogP contribution in [-0.2, 0) is 4.74 Å². The molecule has 0 radical (unpaired) electrons. The molecule has 2 aromatic rings. The van der Waals surface area contributed by atoms with Crippen LogP contribution in [0, 0.1) is 6.92 Å². The molecular weight excluding hydrogens is 402 g/mol. The van der Waals surface area contributed by atoms with Crippen molar-refractivity contribution in [3.63, 3.8) is 0 Å². The number of nitrogens with zero attached hydrogens (tertiary/aromatic N) is 1. The topological polar surface area (TPSA) is 89.1 Å². The smallest absolute Gasteiger partial charge is 0.341 e. The van der Waals surface area contributed by atoms with Gasteiger partial charge in [0.2, 0.25) is 6.79 Å². The fourth-order valence-electron chi connectivity index (χ4n) is 2.60. The van der Waals surface area contributed by atoms with Crippen LogP contribution in [0.5, 0.6) is 11.5 Å². The van der Waals surface area contributed by atoms with Gasteiger partial charge in [-0.3, -0.25) is 4.79 Å². The molecule has 10 heteroatoms. The van der Waals surface area contributed by atoms with E-state index in [9.17, 15) is 9.59 Å². The highest BCUT2D eigenvalue weighted by Gasteiger charge is 2.26. The number of esters is 1. The molecule has 2 heterocycles. The maximum absolute atomic E-state index is 12.4. The van der Waals surface area contributed by atoms with E-state index in [1.165, 1.54) is 12.0 Å². The van der Waals surface area contributed by atoms with Gasteiger partial charge in [0.15, 0.2) is 16.6 Å². The molecule has 28 heavy (non-hydrogen) atoms. The molecule has 0 bridgehead atoms. The number of carbonyl (C=O) groups is 2. The summed E-state index contributed by atoms with van der Waals surface area (Å²) in [6.45, 7) is 1.89. The van der Waals surface area contributed by atoms with E-state index in [0.29, 0.717) is 32.6 Å². The fourth-order valence-corrected chi connectivity index (χ4v) is 4.10. The first-order valence-corrected chi connectivity index (χ1v) is 9.45. The number of thiocarbonyl (C=S) groups is 1. The molecule has 0 fully saturated rings.